The van der Waals surface area contributed by atoms with E-state index in [0.29, 0.717) is 5.56 Å². The molecule has 0 aliphatic heterocycles. The van der Waals surface area contributed by atoms with Gasteiger partial charge in [-0.3, -0.25) is 0 Å². The van der Waals surface area contributed by atoms with Crippen LogP contribution in [0.1, 0.15) is 11.1 Å². The van der Waals surface area contributed by atoms with E-state index in [0.717, 1.165) is 5.56 Å². The highest BCUT2D eigenvalue weighted by Crippen LogP contribution is 2.24. The van der Waals surface area contributed by atoms with Crippen molar-refractivity contribution in [3.8, 4) is 29.1 Å². The first-order valence-corrected chi connectivity index (χ1v) is 4.98. The third kappa shape index (κ3) is 2.70. The molecule has 0 aliphatic rings. The smallest absolute Gasteiger partial charge is 0.158 e. The molecule has 0 fully saturated rings. The number of aromatic hydroxyl groups is 3. The van der Waals surface area contributed by atoms with Crippen molar-refractivity contribution in [2.75, 3.05) is 0 Å². The van der Waals surface area contributed by atoms with Gasteiger partial charge in [0.15, 0.2) is 11.5 Å². The molecule has 0 atom stereocenters. The van der Waals surface area contributed by atoms with Gasteiger partial charge in [-0.25, -0.2) is 0 Å². The van der Waals surface area contributed by atoms with E-state index in [1.165, 1.54) is 12.1 Å². The highest BCUT2D eigenvalue weighted by Gasteiger charge is 1.97. The van der Waals surface area contributed by atoms with Gasteiger partial charge in [0.05, 0.1) is 0 Å². The van der Waals surface area contributed by atoms with E-state index in [1.54, 1.807) is 30.3 Å². The number of phenolic OH excluding ortho intramolecular Hbond substituents is 3. The van der Waals surface area contributed by atoms with Gasteiger partial charge in [-0.1, -0.05) is 11.8 Å². The average Bonchev–Trinajstić information content (AvgIpc) is 2.33. The van der Waals surface area contributed by atoms with E-state index < -0.39 is 0 Å². The summed E-state index contributed by atoms with van der Waals surface area (Å²) in [6.07, 6.45) is 0. The molecule has 0 spiro atoms. The molecule has 2 rings (SSSR count). The molecule has 0 aromatic heterocycles. The molecule has 0 bridgehead atoms. The molecular weight excluding hydrogens is 216 g/mol. The molecule has 0 amide bonds. The minimum atomic E-state index is -0.192. The summed E-state index contributed by atoms with van der Waals surface area (Å²) in [5.74, 6) is 5.56. The van der Waals surface area contributed by atoms with Crippen LogP contribution < -0.4 is 0 Å². The van der Waals surface area contributed by atoms with Crippen LogP contribution in [-0.4, -0.2) is 15.3 Å². The maximum atomic E-state index is 9.28. The first-order chi connectivity index (χ1) is 8.15. The lowest BCUT2D eigenvalue weighted by molar-refractivity contribution is 0.403. The molecule has 2 aromatic carbocycles. The Bertz CT molecular complexity index is 589. The Morgan fingerprint density at radius 3 is 1.88 bits per heavy atom. The molecule has 3 heteroatoms. The fourth-order valence-electron chi connectivity index (χ4n) is 1.29. The van der Waals surface area contributed by atoms with Gasteiger partial charge in [0, 0.05) is 11.1 Å². The number of rotatable bonds is 0. The Morgan fingerprint density at radius 1 is 0.647 bits per heavy atom. The van der Waals surface area contributed by atoms with Crippen LogP contribution >= 0.6 is 0 Å². The molecular formula is C14H10O3. The highest BCUT2D eigenvalue weighted by molar-refractivity contribution is 5.49. The summed E-state index contributed by atoms with van der Waals surface area (Å²) in [4.78, 5) is 0. The number of hydrogen-bond donors (Lipinski definition) is 3. The molecule has 0 saturated carbocycles. The van der Waals surface area contributed by atoms with Crippen LogP contribution in [0.4, 0.5) is 0 Å². The van der Waals surface area contributed by atoms with Crippen LogP contribution in [0.25, 0.3) is 0 Å². The van der Waals surface area contributed by atoms with Gasteiger partial charge in [0.2, 0.25) is 0 Å². The first kappa shape index (κ1) is 10.9. The van der Waals surface area contributed by atoms with Crippen molar-refractivity contribution in [1.82, 2.24) is 0 Å². The molecule has 0 saturated heterocycles. The Labute approximate surface area is 98.6 Å². The van der Waals surface area contributed by atoms with Gasteiger partial charge in [0.25, 0.3) is 0 Å². The maximum absolute atomic E-state index is 9.28. The molecule has 0 aliphatic carbocycles. The van der Waals surface area contributed by atoms with Crippen LogP contribution in [0.2, 0.25) is 0 Å². The second-order valence-corrected chi connectivity index (χ2v) is 3.50. The van der Waals surface area contributed by atoms with Crippen molar-refractivity contribution < 1.29 is 15.3 Å². The molecule has 17 heavy (non-hydrogen) atoms. The Balaban J connectivity index is 2.26. The average molecular weight is 226 g/mol. The number of benzene rings is 2. The van der Waals surface area contributed by atoms with Crippen molar-refractivity contribution >= 4 is 0 Å². The molecule has 3 N–H and O–H groups in total. The van der Waals surface area contributed by atoms with Crippen molar-refractivity contribution in [2.24, 2.45) is 0 Å². The van der Waals surface area contributed by atoms with Crippen molar-refractivity contribution in [3.05, 3.63) is 53.6 Å². The van der Waals surface area contributed by atoms with Crippen molar-refractivity contribution in [3.63, 3.8) is 0 Å². The zero-order valence-corrected chi connectivity index (χ0v) is 8.88. The summed E-state index contributed by atoms with van der Waals surface area (Å²) in [6, 6.07) is 10.9. The second kappa shape index (κ2) is 4.50. The van der Waals surface area contributed by atoms with Crippen LogP contribution in [-0.2, 0) is 0 Å². The normalized spacial score (nSPS) is 9.41. The van der Waals surface area contributed by atoms with Gasteiger partial charge < -0.3 is 15.3 Å². The second-order valence-electron chi connectivity index (χ2n) is 3.50. The molecule has 0 unspecified atom stereocenters. The summed E-state index contributed by atoms with van der Waals surface area (Å²) >= 11 is 0. The van der Waals surface area contributed by atoms with E-state index in [2.05, 4.69) is 11.8 Å². The Hall–Kier alpha value is -2.60. The van der Waals surface area contributed by atoms with Gasteiger partial charge in [-0.05, 0) is 42.5 Å². The Kier molecular flexibility index (Phi) is 2.89. The maximum Gasteiger partial charge on any atom is 0.158 e. The summed E-state index contributed by atoms with van der Waals surface area (Å²) < 4.78 is 0. The number of phenols is 3. The third-order valence-electron chi connectivity index (χ3n) is 2.19. The van der Waals surface area contributed by atoms with E-state index in [9.17, 15) is 5.11 Å². The van der Waals surface area contributed by atoms with Crippen LogP contribution in [0, 0.1) is 11.8 Å². The van der Waals surface area contributed by atoms with Crippen LogP contribution in [0.15, 0.2) is 42.5 Å². The zero-order valence-electron chi connectivity index (χ0n) is 8.88. The molecule has 84 valence electrons. The minimum Gasteiger partial charge on any atom is -0.508 e. The largest absolute Gasteiger partial charge is 0.508 e. The van der Waals surface area contributed by atoms with Gasteiger partial charge in [-0.2, -0.15) is 0 Å². The monoisotopic (exact) mass is 226 g/mol. The predicted octanol–water partition coefficient (Wildman–Crippen LogP) is 2.20. The molecule has 3 nitrogen and oxygen atoms in total. The van der Waals surface area contributed by atoms with E-state index in [1.807, 2.05) is 0 Å². The predicted molar refractivity (Wildman–Crippen MR) is 63.9 cm³/mol. The van der Waals surface area contributed by atoms with Crippen LogP contribution in [0.3, 0.4) is 0 Å². The highest BCUT2D eigenvalue weighted by atomic mass is 16.3. The summed E-state index contributed by atoms with van der Waals surface area (Å²) in [7, 11) is 0. The molecule has 2 aromatic rings. The van der Waals surface area contributed by atoms with Crippen LogP contribution in [0.5, 0.6) is 17.2 Å². The van der Waals surface area contributed by atoms with Crippen molar-refractivity contribution in [1.29, 1.82) is 0 Å². The van der Waals surface area contributed by atoms with Gasteiger partial charge >= 0.3 is 0 Å². The van der Waals surface area contributed by atoms with Crippen molar-refractivity contribution in [2.45, 2.75) is 0 Å². The summed E-state index contributed by atoms with van der Waals surface area (Å²) in [5, 5.41) is 27.5. The lowest BCUT2D eigenvalue weighted by atomic mass is 10.1. The fraction of sp³-hybridized carbons (Fsp3) is 0. The quantitative estimate of drug-likeness (QED) is 0.476. The Morgan fingerprint density at radius 2 is 1.24 bits per heavy atom. The summed E-state index contributed by atoms with van der Waals surface area (Å²) in [6.45, 7) is 0. The first-order valence-electron chi connectivity index (χ1n) is 4.98. The minimum absolute atomic E-state index is 0.166. The van der Waals surface area contributed by atoms with E-state index in [4.69, 9.17) is 10.2 Å². The van der Waals surface area contributed by atoms with E-state index in [-0.39, 0.29) is 17.2 Å². The number of hydrogen-bond acceptors (Lipinski definition) is 3. The topological polar surface area (TPSA) is 60.7 Å². The van der Waals surface area contributed by atoms with Gasteiger partial charge in [0.1, 0.15) is 5.75 Å². The van der Waals surface area contributed by atoms with E-state index >= 15 is 0 Å². The standard InChI is InChI=1S/C14H10O3/c15-12-6-3-10(4-7-12)1-2-11-5-8-13(16)14(17)9-11/h3-9,15-17H. The lowest BCUT2D eigenvalue weighted by Gasteiger charge is -1.96. The summed E-state index contributed by atoms with van der Waals surface area (Å²) in [5.41, 5.74) is 1.36. The molecule has 0 radical (unpaired) electrons. The zero-order chi connectivity index (χ0) is 12.3. The molecule has 0 heterocycles. The lowest BCUT2D eigenvalue weighted by Crippen LogP contribution is -1.76. The fourth-order valence-corrected chi connectivity index (χ4v) is 1.29. The SMILES string of the molecule is Oc1ccc(C#Cc2ccc(O)c(O)c2)cc1. The third-order valence-corrected chi connectivity index (χ3v) is 2.19. The van der Waals surface area contributed by atoms with Gasteiger partial charge in [-0.15, -0.1) is 0 Å².